The molecule has 0 bridgehead atoms. The van der Waals surface area contributed by atoms with Crippen molar-refractivity contribution in [3.05, 3.63) is 20.8 Å². The van der Waals surface area contributed by atoms with Crippen LogP contribution in [0.1, 0.15) is 24.1 Å². The number of aliphatic imine (C=N–C) groups is 1. The molecule has 82 valence electrons. The minimum atomic E-state index is 0.478. The van der Waals surface area contributed by atoms with E-state index in [2.05, 4.69) is 38.4 Å². The number of nitrogens with zero attached hydrogens (tertiary/aromatic N) is 1. The summed E-state index contributed by atoms with van der Waals surface area (Å²) in [5, 5.41) is 3.23. The van der Waals surface area contributed by atoms with Crippen LogP contribution >= 0.6 is 27.3 Å². The first-order valence-electron chi connectivity index (χ1n) is 5.02. The summed E-state index contributed by atoms with van der Waals surface area (Å²) in [7, 11) is 0. The van der Waals surface area contributed by atoms with Gasteiger partial charge in [0.25, 0.3) is 0 Å². The van der Waals surface area contributed by atoms with E-state index in [9.17, 15) is 0 Å². The van der Waals surface area contributed by atoms with Crippen LogP contribution in [0.2, 0.25) is 0 Å². The quantitative estimate of drug-likeness (QED) is 0.662. The largest absolute Gasteiger partial charge is 0.370 e. The fraction of sp³-hybridized carbons (Fsp3) is 0.500. The predicted molar refractivity (Wildman–Crippen MR) is 68.5 cm³/mol. The van der Waals surface area contributed by atoms with Crippen LogP contribution in [-0.2, 0) is 0 Å². The molecule has 2 rings (SSSR count). The van der Waals surface area contributed by atoms with E-state index in [-0.39, 0.29) is 0 Å². The van der Waals surface area contributed by atoms with Crippen molar-refractivity contribution in [2.75, 3.05) is 6.54 Å². The van der Waals surface area contributed by atoms with Crippen molar-refractivity contribution in [1.82, 2.24) is 5.32 Å². The number of guanidine groups is 1. The van der Waals surface area contributed by atoms with Crippen LogP contribution in [0.25, 0.3) is 0 Å². The maximum atomic E-state index is 5.70. The Morgan fingerprint density at radius 3 is 3.13 bits per heavy atom. The zero-order valence-corrected chi connectivity index (χ0v) is 10.9. The van der Waals surface area contributed by atoms with Gasteiger partial charge in [0.15, 0.2) is 5.96 Å². The van der Waals surface area contributed by atoms with E-state index in [1.165, 1.54) is 8.66 Å². The Kier molecular flexibility index (Phi) is 3.31. The normalized spacial score (nSPS) is 25.3. The maximum absolute atomic E-state index is 5.70. The third-order valence-electron chi connectivity index (χ3n) is 2.41. The Balaban J connectivity index is 1.89. The highest BCUT2D eigenvalue weighted by atomic mass is 79.9. The summed E-state index contributed by atoms with van der Waals surface area (Å²) in [6, 6.07) is 4.75. The van der Waals surface area contributed by atoms with E-state index >= 15 is 0 Å². The van der Waals surface area contributed by atoms with E-state index in [1.807, 2.05) is 6.92 Å². The molecule has 0 spiro atoms. The smallest absolute Gasteiger partial charge is 0.188 e. The highest BCUT2D eigenvalue weighted by Gasteiger charge is 2.39. The van der Waals surface area contributed by atoms with Gasteiger partial charge in [-0.2, -0.15) is 0 Å². The van der Waals surface area contributed by atoms with E-state index < -0.39 is 0 Å². The molecular weight excluding hydrogens is 274 g/mol. The molecule has 1 fully saturated rings. The SMILES string of the molecule is CCN=C(N)N[C@@H]1C[C@H]1c1ccc(Br)s1. The number of rotatable bonds is 3. The maximum Gasteiger partial charge on any atom is 0.188 e. The summed E-state index contributed by atoms with van der Waals surface area (Å²) in [6.45, 7) is 2.72. The lowest BCUT2D eigenvalue weighted by atomic mass is 10.3. The first kappa shape index (κ1) is 11.0. The fourth-order valence-corrected chi connectivity index (χ4v) is 3.20. The average molecular weight is 288 g/mol. The molecule has 5 heteroatoms. The topological polar surface area (TPSA) is 50.4 Å². The number of nitrogens with one attached hydrogen (secondary N) is 1. The summed E-state index contributed by atoms with van der Waals surface area (Å²) in [4.78, 5) is 5.54. The van der Waals surface area contributed by atoms with Crippen molar-refractivity contribution < 1.29 is 0 Å². The lowest BCUT2D eigenvalue weighted by Gasteiger charge is -2.03. The summed E-state index contributed by atoms with van der Waals surface area (Å²) in [5.41, 5.74) is 5.70. The zero-order chi connectivity index (χ0) is 10.8. The highest BCUT2D eigenvalue weighted by molar-refractivity contribution is 9.11. The van der Waals surface area contributed by atoms with E-state index in [0.717, 1.165) is 13.0 Å². The summed E-state index contributed by atoms with van der Waals surface area (Å²) in [5.74, 6) is 1.19. The summed E-state index contributed by atoms with van der Waals surface area (Å²) >= 11 is 5.27. The molecule has 3 nitrogen and oxygen atoms in total. The molecule has 1 heterocycles. The van der Waals surface area contributed by atoms with Gasteiger partial charge in [-0.15, -0.1) is 11.3 Å². The molecule has 0 amide bonds. The Morgan fingerprint density at radius 2 is 2.53 bits per heavy atom. The van der Waals surface area contributed by atoms with E-state index in [4.69, 9.17) is 5.73 Å². The third kappa shape index (κ3) is 2.72. The van der Waals surface area contributed by atoms with Crippen LogP contribution in [0.15, 0.2) is 20.9 Å². The van der Waals surface area contributed by atoms with Gasteiger partial charge in [0.2, 0.25) is 0 Å². The number of halogens is 1. The zero-order valence-electron chi connectivity index (χ0n) is 8.53. The fourth-order valence-electron chi connectivity index (χ4n) is 1.60. The lowest BCUT2D eigenvalue weighted by Crippen LogP contribution is -2.34. The van der Waals surface area contributed by atoms with Gasteiger partial charge in [0.1, 0.15) is 0 Å². The van der Waals surface area contributed by atoms with Crippen LogP contribution in [0.4, 0.5) is 0 Å². The Bertz CT molecular complexity index is 374. The Morgan fingerprint density at radius 1 is 1.73 bits per heavy atom. The van der Waals surface area contributed by atoms with E-state index in [0.29, 0.717) is 17.9 Å². The molecule has 1 saturated carbocycles. The van der Waals surface area contributed by atoms with Crippen molar-refractivity contribution in [3.8, 4) is 0 Å². The molecule has 2 atom stereocenters. The molecule has 1 aliphatic carbocycles. The second kappa shape index (κ2) is 4.53. The second-order valence-electron chi connectivity index (χ2n) is 3.59. The molecule has 1 aromatic heterocycles. The van der Waals surface area contributed by atoms with Crippen molar-refractivity contribution in [2.24, 2.45) is 10.7 Å². The monoisotopic (exact) mass is 287 g/mol. The molecule has 0 radical (unpaired) electrons. The number of hydrogen-bond donors (Lipinski definition) is 2. The molecule has 1 aliphatic rings. The average Bonchev–Trinajstić information content (AvgIpc) is 2.79. The van der Waals surface area contributed by atoms with Gasteiger partial charge in [-0.1, -0.05) is 0 Å². The summed E-state index contributed by atoms with van der Waals surface area (Å²) in [6.07, 6.45) is 1.16. The third-order valence-corrected chi connectivity index (χ3v) is 4.17. The Hall–Kier alpha value is -0.550. The predicted octanol–water partition coefficient (Wildman–Crippen LogP) is 2.29. The van der Waals surface area contributed by atoms with Crippen molar-refractivity contribution >= 4 is 33.2 Å². The van der Waals surface area contributed by atoms with Gasteiger partial charge in [0.05, 0.1) is 3.79 Å². The van der Waals surface area contributed by atoms with Gasteiger partial charge in [-0.3, -0.25) is 4.99 Å². The first-order valence-corrected chi connectivity index (χ1v) is 6.63. The Labute approximate surface area is 102 Å². The molecule has 3 N–H and O–H groups in total. The van der Waals surface area contributed by atoms with Crippen molar-refractivity contribution in [2.45, 2.75) is 25.3 Å². The van der Waals surface area contributed by atoms with Crippen LogP contribution in [-0.4, -0.2) is 18.5 Å². The highest BCUT2D eigenvalue weighted by Crippen LogP contribution is 2.44. The molecule has 0 unspecified atom stereocenters. The molecule has 1 aromatic rings. The molecule has 0 aliphatic heterocycles. The van der Waals surface area contributed by atoms with Gasteiger partial charge >= 0.3 is 0 Å². The van der Waals surface area contributed by atoms with Crippen LogP contribution in [0.5, 0.6) is 0 Å². The van der Waals surface area contributed by atoms with Crippen LogP contribution < -0.4 is 11.1 Å². The minimum absolute atomic E-state index is 0.478. The minimum Gasteiger partial charge on any atom is -0.370 e. The van der Waals surface area contributed by atoms with Gasteiger partial charge < -0.3 is 11.1 Å². The van der Waals surface area contributed by atoms with Crippen LogP contribution in [0.3, 0.4) is 0 Å². The van der Waals surface area contributed by atoms with Crippen LogP contribution in [0, 0.1) is 0 Å². The molecule has 15 heavy (non-hydrogen) atoms. The van der Waals surface area contributed by atoms with Crippen molar-refractivity contribution in [1.29, 1.82) is 0 Å². The molecule has 0 aromatic carbocycles. The summed E-state index contributed by atoms with van der Waals surface area (Å²) < 4.78 is 1.19. The lowest BCUT2D eigenvalue weighted by molar-refractivity contribution is 0.856. The van der Waals surface area contributed by atoms with Crippen molar-refractivity contribution in [3.63, 3.8) is 0 Å². The van der Waals surface area contributed by atoms with Gasteiger partial charge in [0, 0.05) is 23.4 Å². The second-order valence-corrected chi connectivity index (χ2v) is 6.09. The number of nitrogens with two attached hydrogens (primary N) is 1. The molecular formula is C10H14BrN3S. The first-order chi connectivity index (χ1) is 7.20. The van der Waals surface area contributed by atoms with Gasteiger partial charge in [-0.25, -0.2) is 0 Å². The molecule has 0 saturated heterocycles. The van der Waals surface area contributed by atoms with Gasteiger partial charge in [-0.05, 0) is 41.4 Å². The number of thiophene rings is 1. The number of hydrogen-bond acceptors (Lipinski definition) is 2. The van der Waals surface area contributed by atoms with E-state index in [1.54, 1.807) is 11.3 Å². The standard InChI is InChI=1S/C10H14BrN3S/c1-2-13-10(12)14-7-5-6(7)8-3-4-9(11)15-8/h3-4,6-7H,2,5H2,1H3,(H3,12,13,14)/t6-,7-/m1/s1.